The number of aliphatic hydroxyl groups is 1. The number of hydrogen-bond donors (Lipinski definition) is 1. The maximum atomic E-state index is 12.3. The zero-order valence-corrected chi connectivity index (χ0v) is 9.35. The molecule has 2 aromatic rings. The van der Waals surface area contributed by atoms with Crippen molar-refractivity contribution in [3.05, 3.63) is 41.0 Å². The van der Waals surface area contributed by atoms with E-state index in [0.29, 0.717) is 10.6 Å². The molecule has 0 spiro atoms. The quantitative estimate of drug-likeness (QED) is 0.897. The summed E-state index contributed by atoms with van der Waals surface area (Å²) in [5, 5.41) is 9.39. The number of aliphatic hydroxyl groups excluding tert-OH is 1. The molecule has 0 radical (unpaired) electrons. The number of thiazole rings is 1. The van der Waals surface area contributed by atoms with E-state index in [1.807, 2.05) is 0 Å². The summed E-state index contributed by atoms with van der Waals surface area (Å²) in [5.41, 5.74) is -0.0108. The fourth-order valence-corrected chi connectivity index (χ4v) is 2.12. The van der Waals surface area contributed by atoms with Gasteiger partial charge in [0.15, 0.2) is 0 Å². The van der Waals surface area contributed by atoms with E-state index in [2.05, 4.69) is 4.98 Å². The monoisotopic (exact) mass is 259 g/mol. The van der Waals surface area contributed by atoms with Crippen molar-refractivity contribution in [1.82, 2.24) is 4.98 Å². The second kappa shape index (κ2) is 4.46. The maximum absolute atomic E-state index is 12.3. The summed E-state index contributed by atoms with van der Waals surface area (Å²) in [6.45, 7) is -0.161. The average Bonchev–Trinajstić information content (AvgIpc) is 2.76. The van der Waals surface area contributed by atoms with Gasteiger partial charge in [-0.3, -0.25) is 0 Å². The number of hydrogen-bond acceptors (Lipinski definition) is 3. The van der Waals surface area contributed by atoms with Crippen LogP contribution in [-0.4, -0.2) is 10.1 Å². The molecule has 1 heterocycles. The highest BCUT2D eigenvalue weighted by Gasteiger charge is 2.29. The zero-order valence-electron chi connectivity index (χ0n) is 8.53. The van der Waals surface area contributed by atoms with Crippen molar-refractivity contribution in [2.24, 2.45) is 0 Å². The van der Waals surface area contributed by atoms with Crippen LogP contribution in [0.15, 0.2) is 30.5 Å². The van der Waals surface area contributed by atoms with Gasteiger partial charge in [-0.1, -0.05) is 12.1 Å². The van der Waals surface area contributed by atoms with E-state index in [1.54, 1.807) is 6.20 Å². The van der Waals surface area contributed by atoms with Gasteiger partial charge in [-0.25, -0.2) is 4.98 Å². The molecular weight excluding hydrogens is 251 g/mol. The Morgan fingerprint density at radius 2 is 1.82 bits per heavy atom. The van der Waals surface area contributed by atoms with Crippen LogP contribution in [0.3, 0.4) is 0 Å². The van der Waals surface area contributed by atoms with E-state index < -0.39 is 11.7 Å². The van der Waals surface area contributed by atoms with Crippen LogP contribution in [0.1, 0.15) is 10.6 Å². The standard InChI is InChI=1S/C11H8F3NOS/c12-11(13,14)8-3-1-7(2-4-8)9-5-15-10(6-16)17-9/h1-5,16H,6H2. The van der Waals surface area contributed by atoms with Crippen molar-refractivity contribution in [1.29, 1.82) is 0 Å². The molecule has 0 saturated heterocycles. The first-order chi connectivity index (χ1) is 8.00. The minimum atomic E-state index is -4.32. The van der Waals surface area contributed by atoms with E-state index in [4.69, 9.17) is 5.11 Å². The predicted octanol–water partition coefficient (Wildman–Crippen LogP) is 3.32. The molecule has 2 rings (SSSR count). The number of halogens is 3. The minimum Gasteiger partial charge on any atom is -0.389 e. The van der Waals surface area contributed by atoms with Crippen LogP contribution in [-0.2, 0) is 12.8 Å². The Kier molecular flexibility index (Phi) is 3.17. The summed E-state index contributed by atoms with van der Waals surface area (Å²) in [7, 11) is 0. The lowest BCUT2D eigenvalue weighted by Gasteiger charge is -2.06. The SMILES string of the molecule is OCc1ncc(-c2ccc(C(F)(F)F)cc2)s1. The van der Waals surface area contributed by atoms with Gasteiger partial charge in [-0.15, -0.1) is 11.3 Å². The van der Waals surface area contributed by atoms with Gasteiger partial charge < -0.3 is 5.11 Å². The lowest BCUT2D eigenvalue weighted by molar-refractivity contribution is -0.137. The molecule has 1 aromatic heterocycles. The molecule has 0 aliphatic carbocycles. The average molecular weight is 259 g/mol. The smallest absolute Gasteiger partial charge is 0.389 e. The second-order valence-electron chi connectivity index (χ2n) is 3.35. The molecule has 0 aliphatic rings. The fourth-order valence-electron chi connectivity index (χ4n) is 1.34. The Morgan fingerprint density at radius 1 is 1.18 bits per heavy atom. The van der Waals surface area contributed by atoms with Crippen LogP contribution in [0.5, 0.6) is 0 Å². The van der Waals surface area contributed by atoms with Crippen molar-refractivity contribution < 1.29 is 18.3 Å². The molecule has 90 valence electrons. The van der Waals surface area contributed by atoms with Crippen molar-refractivity contribution in [2.45, 2.75) is 12.8 Å². The molecule has 1 N–H and O–H groups in total. The first kappa shape index (κ1) is 12.1. The lowest BCUT2D eigenvalue weighted by Crippen LogP contribution is -2.03. The fraction of sp³-hybridized carbons (Fsp3) is 0.182. The maximum Gasteiger partial charge on any atom is 0.416 e. The minimum absolute atomic E-state index is 0.161. The molecule has 0 atom stereocenters. The normalized spacial score (nSPS) is 11.8. The molecule has 17 heavy (non-hydrogen) atoms. The first-order valence-corrected chi connectivity index (χ1v) is 5.55. The topological polar surface area (TPSA) is 33.1 Å². The van der Waals surface area contributed by atoms with Gasteiger partial charge >= 0.3 is 6.18 Å². The first-order valence-electron chi connectivity index (χ1n) is 4.74. The highest BCUT2D eigenvalue weighted by Crippen LogP contribution is 2.32. The van der Waals surface area contributed by atoms with Gasteiger partial charge in [0.25, 0.3) is 0 Å². The van der Waals surface area contributed by atoms with Crippen molar-refractivity contribution in [3.63, 3.8) is 0 Å². The highest BCUT2D eigenvalue weighted by molar-refractivity contribution is 7.15. The molecule has 1 aromatic carbocycles. The van der Waals surface area contributed by atoms with Gasteiger partial charge in [-0.05, 0) is 17.7 Å². The van der Waals surface area contributed by atoms with Crippen LogP contribution < -0.4 is 0 Å². The Balaban J connectivity index is 2.29. The summed E-state index contributed by atoms with van der Waals surface area (Å²) < 4.78 is 37.0. The predicted molar refractivity (Wildman–Crippen MR) is 58.5 cm³/mol. The third-order valence-electron chi connectivity index (χ3n) is 2.19. The van der Waals surface area contributed by atoms with E-state index in [9.17, 15) is 13.2 Å². The number of aromatic nitrogens is 1. The van der Waals surface area contributed by atoms with E-state index in [-0.39, 0.29) is 6.61 Å². The summed E-state index contributed by atoms with van der Waals surface area (Å²) in [4.78, 5) is 4.67. The Hall–Kier alpha value is -1.40. The Labute approximate surface area is 99.4 Å². The van der Waals surface area contributed by atoms with Crippen molar-refractivity contribution in [2.75, 3.05) is 0 Å². The van der Waals surface area contributed by atoms with Gasteiger partial charge in [0.05, 0.1) is 17.0 Å². The van der Waals surface area contributed by atoms with E-state index in [1.165, 1.54) is 23.5 Å². The molecule has 6 heteroatoms. The van der Waals surface area contributed by atoms with E-state index >= 15 is 0 Å². The lowest BCUT2D eigenvalue weighted by atomic mass is 10.1. The summed E-state index contributed by atoms with van der Waals surface area (Å²) in [5.74, 6) is 0. The molecule has 0 bridgehead atoms. The number of benzene rings is 1. The number of nitrogens with zero attached hydrogens (tertiary/aromatic N) is 1. The molecule has 0 amide bonds. The van der Waals surface area contributed by atoms with Gasteiger partial charge in [0, 0.05) is 6.20 Å². The van der Waals surface area contributed by atoms with Gasteiger partial charge in [-0.2, -0.15) is 13.2 Å². The largest absolute Gasteiger partial charge is 0.416 e. The van der Waals surface area contributed by atoms with Crippen molar-refractivity contribution in [3.8, 4) is 10.4 Å². The highest BCUT2D eigenvalue weighted by atomic mass is 32.1. The van der Waals surface area contributed by atoms with Crippen LogP contribution >= 0.6 is 11.3 Å². The number of alkyl halides is 3. The van der Waals surface area contributed by atoms with Gasteiger partial charge in [0.2, 0.25) is 0 Å². The third kappa shape index (κ3) is 2.65. The second-order valence-corrected chi connectivity index (χ2v) is 4.47. The molecule has 0 aliphatic heterocycles. The number of rotatable bonds is 2. The van der Waals surface area contributed by atoms with Crippen LogP contribution in [0.2, 0.25) is 0 Å². The molecule has 2 nitrogen and oxygen atoms in total. The summed E-state index contributed by atoms with van der Waals surface area (Å²) in [6.07, 6.45) is -2.78. The Bertz CT molecular complexity index is 504. The summed E-state index contributed by atoms with van der Waals surface area (Å²) >= 11 is 1.26. The van der Waals surface area contributed by atoms with E-state index in [0.717, 1.165) is 17.0 Å². The molecular formula is C11H8F3NOS. The van der Waals surface area contributed by atoms with Gasteiger partial charge in [0.1, 0.15) is 5.01 Å². The van der Waals surface area contributed by atoms with Crippen LogP contribution in [0.25, 0.3) is 10.4 Å². The molecule has 0 unspecified atom stereocenters. The zero-order chi connectivity index (χ0) is 12.5. The summed E-state index contributed by atoms with van der Waals surface area (Å²) in [6, 6.07) is 4.87. The van der Waals surface area contributed by atoms with Crippen LogP contribution in [0.4, 0.5) is 13.2 Å². The Morgan fingerprint density at radius 3 is 2.29 bits per heavy atom. The molecule has 0 saturated carbocycles. The third-order valence-corrected chi connectivity index (χ3v) is 3.22. The van der Waals surface area contributed by atoms with Crippen LogP contribution in [0, 0.1) is 0 Å². The van der Waals surface area contributed by atoms with Crippen molar-refractivity contribution >= 4 is 11.3 Å². The molecule has 0 fully saturated rings.